The molecule has 0 radical (unpaired) electrons. The first-order valence-electron chi connectivity index (χ1n) is 9.40. The Labute approximate surface area is 173 Å². The summed E-state index contributed by atoms with van der Waals surface area (Å²) in [5.41, 5.74) is 0.408. The minimum absolute atomic E-state index is 0.189. The summed E-state index contributed by atoms with van der Waals surface area (Å²) in [4.78, 5) is 0. The van der Waals surface area contributed by atoms with Crippen molar-refractivity contribution in [2.45, 2.75) is 65.6 Å². The highest BCUT2D eigenvalue weighted by Crippen LogP contribution is 2.36. The minimum atomic E-state index is -0.998. The predicted octanol–water partition coefficient (Wildman–Crippen LogP) is 7.65. The second kappa shape index (κ2) is 14.9. The highest BCUT2D eigenvalue weighted by atomic mass is 35.5. The van der Waals surface area contributed by atoms with Crippen LogP contribution in [0.25, 0.3) is 0 Å². The average molecular weight is 419 g/mol. The maximum atomic E-state index is 13.9. The number of unbranched alkanes of at least 4 members (excludes halogenated alkanes) is 1. The van der Waals surface area contributed by atoms with Gasteiger partial charge in [0, 0.05) is 17.0 Å². The Kier molecular flexibility index (Phi) is 14.3. The molecule has 1 aliphatic rings. The lowest BCUT2D eigenvalue weighted by Gasteiger charge is -2.22. The van der Waals surface area contributed by atoms with Crippen molar-refractivity contribution in [2.75, 3.05) is 12.8 Å². The van der Waals surface area contributed by atoms with E-state index in [0.29, 0.717) is 10.6 Å². The molecule has 1 aromatic carbocycles. The number of hydrogen-bond donors (Lipinski definition) is 0. The van der Waals surface area contributed by atoms with Gasteiger partial charge in [0.25, 0.3) is 0 Å². The predicted molar refractivity (Wildman–Crippen MR) is 118 cm³/mol. The third-order valence-corrected chi connectivity index (χ3v) is 4.80. The molecule has 2 rings (SSSR count). The lowest BCUT2D eigenvalue weighted by Crippen LogP contribution is -2.20. The van der Waals surface area contributed by atoms with Crippen LogP contribution in [0.5, 0.6) is 0 Å². The lowest BCUT2D eigenvalue weighted by molar-refractivity contribution is 0.254. The molecule has 1 aromatic rings. The Morgan fingerprint density at radius 1 is 1.37 bits per heavy atom. The Bertz CT molecular complexity index is 579. The van der Waals surface area contributed by atoms with Crippen molar-refractivity contribution in [3.05, 3.63) is 47.3 Å². The van der Waals surface area contributed by atoms with Crippen LogP contribution >= 0.6 is 23.4 Å². The largest absolute Gasteiger partial charge is 0.286 e. The van der Waals surface area contributed by atoms with Crippen molar-refractivity contribution >= 4 is 28.4 Å². The summed E-state index contributed by atoms with van der Waals surface area (Å²) in [6, 6.07) is 3.96. The summed E-state index contributed by atoms with van der Waals surface area (Å²) in [5, 5.41) is 7.22. The molecule has 0 saturated carbocycles. The van der Waals surface area contributed by atoms with Crippen LogP contribution in [-0.4, -0.2) is 29.0 Å². The number of benzene rings is 1. The Morgan fingerprint density at radius 3 is 2.44 bits per heavy atom. The first-order valence-corrected chi connectivity index (χ1v) is 11.0. The number of rotatable bonds is 4. The van der Waals surface area contributed by atoms with Gasteiger partial charge in [-0.05, 0) is 37.8 Å². The van der Waals surface area contributed by atoms with Crippen LogP contribution in [0.15, 0.2) is 36.0 Å². The van der Waals surface area contributed by atoms with Gasteiger partial charge in [-0.15, -0.1) is 18.3 Å². The van der Waals surface area contributed by atoms with Crippen molar-refractivity contribution in [1.29, 1.82) is 0 Å². The first kappa shape index (κ1) is 25.9. The molecule has 0 N–H and O–H groups in total. The van der Waals surface area contributed by atoms with E-state index in [1.807, 2.05) is 19.3 Å². The molecular formula is C21H33ClF2N2S. The summed E-state index contributed by atoms with van der Waals surface area (Å²) >= 11 is 7.38. The van der Waals surface area contributed by atoms with Crippen LogP contribution in [0.1, 0.15) is 65.0 Å². The fraction of sp³-hybridized carbons (Fsp3) is 0.571. The normalized spacial score (nSPS) is 19.0. The van der Waals surface area contributed by atoms with Crippen LogP contribution in [0, 0.1) is 5.82 Å². The highest BCUT2D eigenvalue weighted by Gasteiger charge is 2.34. The molecule has 2 unspecified atom stereocenters. The molecule has 1 saturated heterocycles. The third kappa shape index (κ3) is 10.2. The monoisotopic (exact) mass is 418 g/mol. The molecule has 2 atom stereocenters. The fourth-order valence-electron chi connectivity index (χ4n) is 2.16. The minimum Gasteiger partial charge on any atom is -0.286 e. The molecule has 1 aliphatic heterocycles. The van der Waals surface area contributed by atoms with Crippen LogP contribution < -0.4 is 0 Å². The second-order valence-corrected chi connectivity index (χ2v) is 7.59. The molecule has 0 aromatic heterocycles. The van der Waals surface area contributed by atoms with Gasteiger partial charge in [-0.2, -0.15) is 5.10 Å². The number of nitrogens with zero attached hydrogens (tertiary/aromatic N) is 2. The molecular weight excluding hydrogens is 386 g/mol. The molecule has 0 spiro atoms. The van der Waals surface area contributed by atoms with E-state index < -0.39 is 12.2 Å². The maximum absolute atomic E-state index is 13.9. The summed E-state index contributed by atoms with van der Waals surface area (Å²) in [6.07, 6.45) is 6.74. The maximum Gasteiger partial charge on any atom is 0.128 e. The number of alkyl halides is 1. The van der Waals surface area contributed by atoms with Crippen molar-refractivity contribution < 1.29 is 8.78 Å². The van der Waals surface area contributed by atoms with Gasteiger partial charge in [-0.3, -0.25) is 5.01 Å². The smallest absolute Gasteiger partial charge is 0.128 e. The van der Waals surface area contributed by atoms with Gasteiger partial charge in [0.15, 0.2) is 0 Å². The summed E-state index contributed by atoms with van der Waals surface area (Å²) in [6.45, 7) is 11.9. The number of hydrazone groups is 1. The molecule has 6 heteroatoms. The Morgan fingerprint density at radius 2 is 1.96 bits per heavy atom. The molecule has 154 valence electrons. The number of halogens is 3. The lowest BCUT2D eigenvalue weighted by atomic mass is 10.0. The molecule has 27 heavy (non-hydrogen) atoms. The van der Waals surface area contributed by atoms with E-state index in [1.165, 1.54) is 36.7 Å². The highest BCUT2D eigenvalue weighted by molar-refractivity contribution is 8.13. The van der Waals surface area contributed by atoms with Crippen molar-refractivity contribution in [1.82, 2.24) is 5.01 Å². The van der Waals surface area contributed by atoms with E-state index in [0.717, 1.165) is 11.5 Å². The van der Waals surface area contributed by atoms with Gasteiger partial charge in [0.2, 0.25) is 0 Å². The van der Waals surface area contributed by atoms with Crippen LogP contribution in [0.4, 0.5) is 8.78 Å². The quantitative estimate of drug-likeness (QED) is 0.283. The Balaban J connectivity index is 0.000000718. The Hall–Kier alpha value is -1.07. The van der Waals surface area contributed by atoms with E-state index in [2.05, 4.69) is 32.5 Å². The summed E-state index contributed by atoms with van der Waals surface area (Å²) < 4.78 is 27.5. The van der Waals surface area contributed by atoms with Crippen LogP contribution in [0.2, 0.25) is 5.02 Å². The molecule has 2 nitrogen and oxygen atoms in total. The molecule has 0 bridgehead atoms. The van der Waals surface area contributed by atoms with Gasteiger partial charge in [-0.25, -0.2) is 8.78 Å². The molecule has 1 heterocycles. The zero-order chi connectivity index (χ0) is 20.8. The van der Waals surface area contributed by atoms with Gasteiger partial charge >= 0.3 is 0 Å². The number of hydrogen-bond acceptors (Lipinski definition) is 3. The molecule has 0 aliphatic carbocycles. The van der Waals surface area contributed by atoms with E-state index in [9.17, 15) is 8.78 Å². The van der Waals surface area contributed by atoms with Gasteiger partial charge in [-0.1, -0.05) is 51.3 Å². The fourth-order valence-corrected chi connectivity index (χ4v) is 2.53. The van der Waals surface area contributed by atoms with Crippen LogP contribution in [0.3, 0.4) is 0 Å². The summed E-state index contributed by atoms with van der Waals surface area (Å²) in [5.74, 6) is -0.370. The molecule has 1 fully saturated rings. The van der Waals surface area contributed by atoms with Crippen molar-refractivity contribution in [3.63, 3.8) is 0 Å². The van der Waals surface area contributed by atoms with Crippen molar-refractivity contribution in [3.8, 4) is 0 Å². The third-order valence-electron chi connectivity index (χ3n) is 3.89. The van der Waals surface area contributed by atoms with Crippen molar-refractivity contribution in [2.24, 2.45) is 5.10 Å². The van der Waals surface area contributed by atoms with E-state index in [-0.39, 0.29) is 18.8 Å². The SMILES string of the molecule is C=CCC.CCCC.CS/C(C)=N/N1CC(F)CC1c1cc(Cl)ccc1F. The van der Waals surface area contributed by atoms with E-state index in [1.54, 1.807) is 11.1 Å². The zero-order valence-corrected chi connectivity index (χ0v) is 18.7. The first-order chi connectivity index (χ1) is 12.8. The van der Waals surface area contributed by atoms with Gasteiger partial charge in [0.05, 0.1) is 17.6 Å². The summed E-state index contributed by atoms with van der Waals surface area (Å²) in [7, 11) is 0. The average Bonchev–Trinajstić information content (AvgIpc) is 3.03. The van der Waals surface area contributed by atoms with Gasteiger partial charge in [0.1, 0.15) is 12.0 Å². The second-order valence-electron chi connectivity index (χ2n) is 6.16. The van der Waals surface area contributed by atoms with E-state index >= 15 is 0 Å². The van der Waals surface area contributed by atoms with E-state index in [4.69, 9.17) is 11.6 Å². The number of thioether (sulfide) groups is 1. The number of allylic oxidation sites excluding steroid dienone is 1. The van der Waals surface area contributed by atoms with Crippen LogP contribution in [-0.2, 0) is 0 Å². The topological polar surface area (TPSA) is 15.6 Å². The molecule has 0 amide bonds. The van der Waals surface area contributed by atoms with Gasteiger partial charge < -0.3 is 0 Å². The zero-order valence-electron chi connectivity index (χ0n) is 17.1. The standard InChI is InChI=1S/C13H15ClF2N2S.C4H10.C4H8/c1-8(19-2)17-18-7-10(15)6-13(18)11-5-9(14)3-4-12(11)16;2*1-3-4-2/h3-5,10,13H,6-7H2,1-2H3;3-4H2,1-2H3;3H,1,4H2,2H3/b17-8+;;.